The molecule has 0 aliphatic heterocycles. The summed E-state index contributed by atoms with van der Waals surface area (Å²) >= 11 is 0. The van der Waals surface area contributed by atoms with Crippen molar-refractivity contribution in [1.29, 1.82) is 0 Å². The molecule has 0 aromatic carbocycles. The second-order valence-corrected chi connectivity index (χ2v) is 7.94. The summed E-state index contributed by atoms with van der Waals surface area (Å²) in [4.78, 5) is 26.9. The summed E-state index contributed by atoms with van der Waals surface area (Å²) in [5.74, 6) is 0. The van der Waals surface area contributed by atoms with Crippen molar-refractivity contribution in [1.82, 2.24) is 0 Å². The van der Waals surface area contributed by atoms with Gasteiger partial charge in [-0.2, -0.15) is 0 Å². The van der Waals surface area contributed by atoms with E-state index in [1.54, 1.807) is 0 Å². The number of unbranched alkanes of at least 4 members (excludes halogenated alkanes) is 1. The Hall–Kier alpha value is 0.260. The fourth-order valence-electron chi connectivity index (χ4n) is 0.628. The van der Waals surface area contributed by atoms with Crippen LogP contribution in [0.1, 0.15) is 26.7 Å². The van der Waals surface area contributed by atoms with Crippen LogP contribution in [0.2, 0.25) is 0 Å². The smallest absolute Gasteiger partial charge is 0.323 e. The molecule has 2 unspecified atom stereocenters. The third-order valence-electron chi connectivity index (χ3n) is 1.93. The lowest BCUT2D eigenvalue weighted by Crippen LogP contribution is -2.36. The lowest BCUT2D eigenvalue weighted by Gasteiger charge is -2.29. The summed E-state index contributed by atoms with van der Waals surface area (Å²) in [6, 6.07) is 0. The molecule has 0 radical (unpaired) electrons. The molecule has 92 valence electrons. The molecule has 15 heavy (non-hydrogen) atoms. The van der Waals surface area contributed by atoms with Gasteiger partial charge >= 0.3 is 15.2 Å². The Kier molecular flexibility index (Phi) is 5.15. The first-order valence-corrected chi connectivity index (χ1v) is 7.57. The van der Waals surface area contributed by atoms with E-state index in [1.165, 1.54) is 0 Å². The molecule has 0 fully saturated rings. The summed E-state index contributed by atoms with van der Waals surface area (Å²) in [5, 5.41) is -2.56. The van der Waals surface area contributed by atoms with Gasteiger partial charge in [0.1, 0.15) is 0 Å². The second kappa shape index (κ2) is 5.06. The fourth-order valence-corrected chi connectivity index (χ4v) is 2.76. The number of rotatable bonds is 6. The second-order valence-electron chi connectivity index (χ2n) is 3.35. The van der Waals surface area contributed by atoms with E-state index in [0.29, 0.717) is 6.42 Å². The first kappa shape index (κ1) is 15.3. The first-order valence-electron chi connectivity index (χ1n) is 4.38. The SMILES string of the molecule is CCCCOP(=O)(O)C(C)(N)P(=O)(O)O. The van der Waals surface area contributed by atoms with Gasteiger partial charge in [-0.25, -0.2) is 0 Å². The highest BCUT2D eigenvalue weighted by Crippen LogP contribution is 2.68. The normalized spacial score (nSPS) is 20.7. The zero-order chi connectivity index (χ0) is 12.3. The molecule has 0 aliphatic carbocycles. The van der Waals surface area contributed by atoms with Crippen molar-refractivity contribution < 1.29 is 28.3 Å². The van der Waals surface area contributed by atoms with Crippen LogP contribution in [0.25, 0.3) is 0 Å². The van der Waals surface area contributed by atoms with Crippen LogP contribution in [-0.2, 0) is 13.7 Å². The van der Waals surface area contributed by atoms with E-state index < -0.39 is 20.2 Å². The lowest BCUT2D eigenvalue weighted by atomic mass is 10.4. The summed E-state index contributed by atoms with van der Waals surface area (Å²) in [5.41, 5.74) is 5.15. The van der Waals surface area contributed by atoms with E-state index in [4.69, 9.17) is 15.5 Å². The number of hydrogen-bond acceptors (Lipinski definition) is 4. The van der Waals surface area contributed by atoms with Gasteiger partial charge in [-0.1, -0.05) is 13.3 Å². The molecule has 0 rings (SSSR count). The molecule has 9 heteroatoms. The third-order valence-corrected chi connectivity index (χ3v) is 6.32. The van der Waals surface area contributed by atoms with Crippen LogP contribution in [0.3, 0.4) is 0 Å². The van der Waals surface area contributed by atoms with E-state index in [0.717, 1.165) is 13.3 Å². The van der Waals surface area contributed by atoms with Crippen molar-refractivity contribution in [3.63, 3.8) is 0 Å². The largest absolute Gasteiger partial charge is 0.359 e. The Bertz CT molecular complexity index is 298. The molecule has 0 aliphatic rings. The van der Waals surface area contributed by atoms with Crippen molar-refractivity contribution in [2.45, 2.75) is 31.7 Å². The minimum atomic E-state index is -4.90. The minimum Gasteiger partial charge on any atom is -0.323 e. The van der Waals surface area contributed by atoms with Gasteiger partial charge in [0.2, 0.25) is 5.02 Å². The molecule has 0 saturated carbocycles. The minimum absolute atomic E-state index is 0.0585. The highest BCUT2D eigenvalue weighted by atomic mass is 31.2. The molecule has 0 saturated heterocycles. The number of nitrogens with two attached hydrogens (primary N) is 1. The van der Waals surface area contributed by atoms with Gasteiger partial charge in [-0.3, -0.25) is 9.13 Å². The summed E-state index contributed by atoms with van der Waals surface area (Å²) in [7, 11) is -9.43. The maximum atomic E-state index is 11.5. The van der Waals surface area contributed by atoms with Crippen LogP contribution in [0.4, 0.5) is 0 Å². The van der Waals surface area contributed by atoms with E-state index in [2.05, 4.69) is 4.52 Å². The molecule has 0 aromatic heterocycles. The van der Waals surface area contributed by atoms with Gasteiger partial charge in [-0.05, 0) is 13.3 Å². The van der Waals surface area contributed by atoms with Crippen LogP contribution < -0.4 is 5.73 Å². The Labute approximate surface area is 88.3 Å². The first-order chi connectivity index (χ1) is 6.56. The molecule has 2 atom stereocenters. The average Bonchev–Trinajstić information content (AvgIpc) is 2.02. The van der Waals surface area contributed by atoms with Crippen LogP contribution in [0.15, 0.2) is 0 Å². The van der Waals surface area contributed by atoms with Gasteiger partial charge in [0, 0.05) is 0 Å². The van der Waals surface area contributed by atoms with Gasteiger partial charge in [0.05, 0.1) is 6.61 Å². The Morgan fingerprint density at radius 1 is 1.33 bits per heavy atom. The highest BCUT2D eigenvalue weighted by Gasteiger charge is 2.55. The molecule has 5 N–H and O–H groups in total. The molecular weight excluding hydrogens is 244 g/mol. The Balaban J connectivity index is 4.72. The van der Waals surface area contributed by atoms with Gasteiger partial charge in [0.25, 0.3) is 0 Å². The molecule has 0 aromatic rings. The summed E-state index contributed by atoms with van der Waals surface area (Å²) < 4.78 is 26.9. The molecule has 0 spiro atoms. The summed E-state index contributed by atoms with van der Waals surface area (Å²) in [6.07, 6.45) is 1.25. The van der Waals surface area contributed by atoms with Crippen molar-refractivity contribution in [3.05, 3.63) is 0 Å². The molecule has 0 heterocycles. The average molecular weight is 261 g/mol. The third kappa shape index (κ3) is 3.64. The van der Waals surface area contributed by atoms with Crippen molar-refractivity contribution in [2.24, 2.45) is 5.73 Å². The van der Waals surface area contributed by atoms with Crippen LogP contribution in [-0.4, -0.2) is 26.3 Å². The van der Waals surface area contributed by atoms with Crippen molar-refractivity contribution >= 4 is 15.2 Å². The standard InChI is InChI=1S/C6H17NO6P2/c1-3-4-5-13-15(11,12)6(2,7)14(8,9)10/h3-5,7H2,1-2H3,(H,11,12)(H2,8,9,10). The fraction of sp³-hybridized carbons (Fsp3) is 1.00. The molecule has 0 amide bonds. The quantitative estimate of drug-likeness (QED) is 0.411. The van der Waals surface area contributed by atoms with Crippen molar-refractivity contribution in [3.8, 4) is 0 Å². The van der Waals surface area contributed by atoms with Crippen LogP contribution in [0, 0.1) is 0 Å². The number of hydrogen-bond donors (Lipinski definition) is 4. The zero-order valence-electron chi connectivity index (χ0n) is 8.66. The van der Waals surface area contributed by atoms with E-state index in [-0.39, 0.29) is 6.61 Å². The predicted molar refractivity (Wildman–Crippen MR) is 55.3 cm³/mol. The monoisotopic (exact) mass is 261 g/mol. The maximum Gasteiger partial charge on any atom is 0.359 e. The summed E-state index contributed by atoms with van der Waals surface area (Å²) in [6.45, 7) is 2.59. The molecule has 0 bridgehead atoms. The van der Waals surface area contributed by atoms with Gasteiger partial charge < -0.3 is 24.9 Å². The topological polar surface area (TPSA) is 130 Å². The Morgan fingerprint density at radius 3 is 2.13 bits per heavy atom. The van der Waals surface area contributed by atoms with Gasteiger partial charge in [-0.15, -0.1) is 0 Å². The van der Waals surface area contributed by atoms with Crippen LogP contribution in [0.5, 0.6) is 0 Å². The molecular formula is C6H17NO6P2. The van der Waals surface area contributed by atoms with E-state index in [9.17, 15) is 14.0 Å². The maximum absolute atomic E-state index is 11.5. The predicted octanol–water partition coefficient (Wildman–Crippen LogP) is 0.799. The zero-order valence-corrected chi connectivity index (χ0v) is 10.4. The Morgan fingerprint density at radius 2 is 1.80 bits per heavy atom. The lowest BCUT2D eigenvalue weighted by molar-refractivity contribution is 0.236. The molecule has 7 nitrogen and oxygen atoms in total. The van der Waals surface area contributed by atoms with E-state index in [1.807, 2.05) is 6.92 Å². The van der Waals surface area contributed by atoms with E-state index >= 15 is 0 Å². The highest BCUT2D eigenvalue weighted by molar-refractivity contribution is 7.72. The van der Waals surface area contributed by atoms with Gasteiger partial charge in [0.15, 0.2) is 0 Å². The van der Waals surface area contributed by atoms with Crippen molar-refractivity contribution in [2.75, 3.05) is 6.61 Å². The van der Waals surface area contributed by atoms with Crippen LogP contribution >= 0.6 is 15.2 Å².